The molecule has 0 aliphatic carbocycles. The second-order valence-corrected chi connectivity index (χ2v) is 5.23. The van der Waals surface area contributed by atoms with Gasteiger partial charge in [-0.2, -0.15) is 0 Å². The Morgan fingerprint density at radius 2 is 1.55 bits per heavy atom. The zero-order valence-electron chi connectivity index (χ0n) is 12.5. The van der Waals surface area contributed by atoms with Crippen molar-refractivity contribution in [1.29, 1.82) is 0 Å². The monoisotopic (exact) mass is 328 g/mol. The van der Waals surface area contributed by atoms with E-state index in [-0.39, 0.29) is 0 Å². The van der Waals surface area contributed by atoms with Gasteiger partial charge in [-0.15, -0.1) is 0 Å². The Morgan fingerprint density at radius 1 is 0.909 bits per heavy atom. The van der Waals surface area contributed by atoms with Crippen molar-refractivity contribution in [2.75, 3.05) is 46.2 Å². The number of carbonyl (C=O) groups is 1. The van der Waals surface area contributed by atoms with Crippen LogP contribution in [0.1, 0.15) is 22.3 Å². The molecule has 122 valence electrons. The Morgan fingerprint density at radius 3 is 2.23 bits per heavy atom. The van der Waals surface area contributed by atoms with Crippen LogP contribution in [0.4, 0.5) is 0 Å². The molecule has 0 bridgehead atoms. The van der Waals surface area contributed by atoms with Crippen molar-refractivity contribution in [3.63, 3.8) is 0 Å². The van der Waals surface area contributed by atoms with Crippen molar-refractivity contribution in [3.8, 4) is 5.75 Å². The van der Waals surface area contributed by atoms with Gasteiger partial charge in [0.1, 0.15) is 12.4 Å². The number of hydrogen-bond acceptors (Lipinski definition) is 5. The normalized spacial score (nSPS) is 18.4. The van der Waals surface area contributed by atoms with Gasteiger partial charge in [-0.3, -0.25) is 4.79 Å². The highest BCUT2D eigenvalue weighted by Gasteiger charge is 2.09. The summed E-state index contributed by atoms with van der Waals surface area (Å²) in [6.45, 7) is 3.79. The summed E-state index contributed by atoms with van der Waals surface area (Å²) in [5, 5.41) is -0.487. The third-order valence-corrected chi connectivity index (χ3v) is 3.48. The van der Waals surface area contributed by atoms with Crippen LogP contribution in [-0.4, -0.2) is 51.5 Å². The standard InChI is InChI=1S/C16H21ClO5/c17-16(18)14-4-3-13-2-1-5-19-6-7-20-8-9-21-10-11-22-15(13)12-14/h3-4,12H,1-2,5-11H2. The highest BCUT2D eigenvalue weighted by molar-refractivity contribution is 6.67. The van der Waals surface area contributed by atoms with Gasteiger partial charge in [0.05, 0.1) is 33.0 Å². The summed E-state index contributed by atoms with van der Waals surface area (Å²) in [4.78, 5) is 11.3. The van der Waals surface area contributed by atoms with Crippen molar-refractivity contribution in [1.82, 2.24) is 0 Å². The summed E-state index contributed by atoms with van der Waals surface area (Å²) in [6.07, 6.45) is 1.69. The molecule has 1 aromatic carbocycles. The van der Waals surface area contributed by atoms with Gasteiger partial charge in [-0.05, 0) is 42.1 Å². The second kappa shape index (κ2) is 9.79. The molecular weight excluding hydrogens is 308 g/mol. The molecule has 1 heterocycles. The minimum atomic E-state index is -0.487. The van der Waals surface area contributed by atoms with E-state index in [9.17, 15) is 4.79 Å². The minimum absolute atomic E-state index is 0.420. The molecule has 0 amide bonds. The van der Waals surface area contributed by atoms with Crippen LogP contribution in [0.2, 0.25) is 0 Å². The van der Waals surface area contributed by atoms with E-state index >= 15 is 0 Å². The van der Waals surface area contributed by atoms with Gasteiger partial charge in [-0.25, -0.2) is 0 Å². The molecule has 0 unspecified atom stereocenters. The molecule has 6 heteroatoms. The molecule has 1 aliphatic heterocycles. The van der Waals surface area contributed by atoms with Gasteiger partial charge < -0.3 is 18.9 Å². The summed E-state index contributed by atoms with van der Waals surface area (Å²) in [5.41, 5.74) is 1.47. The molecule has 1 aromatic rings. The van der Waals surface area contributed by atoms with E-state index in [4.69, 9.17) is 30.5 Å². The lowest BCUT2D eigenvalue weighted by molar-refractivity contribution is 0.00978. The number of halogens is 1. The van der Waals surface area contributed by atoms with Gasteiger partial charge in [0.2, 0.25) is 0 Å². The summed E-state index contributed by atoms with van der Waals surface area (Å²) < 4.78 is 22.0. The lowest BCUT2D eigenvalue weighted by atomic mass is 10.1. The van der Waals surface area contributed by atoms with Crippen LogP contribution in [0.25, 0.3) is 0 Å². The van der Waals surface area contributed by atoms with E-state index in [1.165, 1.54) is 0 Å². The van der Waals surface area contributed by atoms with Crippen LogP contribution >= 0.6 is 11.6 Å². The second-order valence-electron chi connectivity index (χ2n) is 4.89. The van der Waals surface area contributed by atoms with Crippen LogP contribution in [0.15, 0.2) is 18.2 Å². The van der Waals surface area contributed by atoms with Crippen molar-refractivity contribution in [3.05, 3.63) is 29.3 Å². The van der Waals surface area contributed by atoms with E-state index in [0.29, 0.717) is 57.6 Å². The third kappa shape index (κ3) is 5.93. The Balaban J connectivity index is 2.02. The molecule has 0 spiro atoms. The highest BCUT2D eigenvalue weighted by atomic mass is 35.5. The van der Waals surface area contributed by atoms with E-state index in [1.54, 1.807) is 12.1 Å². The topological polar surface area (TPSA) is 54.0 Å². The predicted molar refractivity (Wildman–Crippen MR) is 82.9 cm³/mol. The van der Waals surface area contributed by atoms with Crippen LogP contribution in [0.5, 0.6) is 5.75 Å². The number of fused-ring (bicyclic) bond motifs is 1. The quantitative estimate of drug-likeness (QED) is 0.741. The van der Waals surface area contributed by atoms with Crippen molar-refractivity contribution < 1.29 is 23.7 Å². The molecule has 0 atom stereocenters. The van der Waals surface area contributed by atoms with Crippen molar-refractivity contribution in [2.45, 2.75) is 12.8 Å². The fourth-order valence-corrected chi connectivity index (χ4v) is 2.25. The molecule has 22 heavy (non-hydrogen) atoms. The maximum absolute atomic E-state index is 11.3. The Labute approximate surface area is 135 Å². The van der Waals surface area contributed by atoms with Gasteiger partial charge >= 0.3 is 0 Å². The van der Waals surface area contributed by atoms with E-state index < -0.39 is 5.24 Å². The van der Waals surface area contributed by atoms with Crippen LogP contribution in [0.3, 0.4) is 0 Å². The largest absolute Gasteiger partial charge is 0.491 e. The van der Waals surface area contributed by atoms with Gasteiger partial charge in [0, 0.05) is 12.2 Å². The molecule has 0 radical (unpaired) electrons. The number of ether oxygens (including phenoxy) is 4. The molecule has 0 saturated carbocycles. The van der Waals surface area contributed by atoms with Crippen LogP contribution in [-0.2, 0) is 20.6 Å². The zero-order chi connectivity index (χ0) is 15.6. The number of hydrogen-bond donors (Lipinski definition) is 0. The van der Waals surface area contributed by atoms with Gasteiger partial charge in [0.15, 0.2) is 0 Å². The summed E-state index contributed by atoms with van der Waals surface area (Å²) in [6, 6.07) is 5.29. The molecule has 0 fully saturated rings. The summed E-state index contributed by atoms with van der Waals surface area (Å²) >= 11 is 5.53. The lowest BCUT2D eigenvalue weighted by Crippen LogP contribution is -2.12. The Bertz CT molecular complexity index is 478. The summed E-state index contributed by atoms with van der Waals surface area (Å²) in [5.74, 6) is 0.682. The van der Waals surface area contributed by atoms with E-state index in [0.717, 1.165) is 18.4 Å². The fourth-order valence-electron chi connectivity index (χ4n) is 2.13. The Kier molecular flexibility index (Phi) is 7.66. The maximum Gasteiger partial charge on any atom is 0.252 e. The van der Waals surface area contributed by atoms with E-state index in [1.807, 2.05) is 6.07 Å². The van der Waals surface area contributed by atoms with Gasteiger partial charge in [0.25, 0.3) is 5.24 Å². The number of benzene rings is 1. The molecule has 0 saturated heterocycles. The van der Waals surface area contributed by atoms with Crippen LogP contribution in [0, 0.1) is 0 Å². The fraction of sp³-hybridized carbons (Fsp3) is 0.562. The SMILES string of the molecule is O=C(Cl)c1ccc2c(c1)OCCOCCOCCOCCC2. The minimum Gasteiger partial charge on any atom is -0.491 e. The lowest BCUT2D eigenvalue weighted by Gasteiger charge is -2.12. The first-order valence-electron chi connectivity index (χ1n) is 7.46. The zero-order valence-corrected chi connectivity index (χ0v) is 13.3. The summed E-state index contributed by atoms with van der Waals surface area (Å²) in [7, 11) is 0. The molecular formula is C16H21ClO5. The first-order chi connectivity index (χ1) is 10.8. The average molecular weight is 329 g/mol. The van der Waals surface area contributed by atoms with E-state index in [2.05, 4.69) is 0 Å². The van der Waals surface area contributed by atoms with Gasteiger partial charge in [-0.1, -0.05) is 6.07 Å². The van der Waals surface area contributed by atoms with Crippen molar-refractivity contribution >= 4 is 16.8 Å². The molecule has 1 aliphatic rings. The molecule has 0 aromatic heterocycles. The third-order valence-electron chi connectivity index (χ3n) is 3.26. The average Bonchev–Trinajstić information content (AvgIpc) is 2.52. The molecule has 5 nitrogen and oxygen atoms in total. The number of carbonyl (C=O) groups excluding carboxylic acids is 1. The number of rotatable bonds is 1. The predicted octanol–water partition coefficient (Wildman–Crippen LogP) is 2.44. The number of aryl methyl sites for hydroxylation is 1. The Hall–Kier alpha value is -1.14. The van der Waals surface area contributed by atoms with Crippen LogP contribution < -0.4 is 4.74 Å². The first-order valence-corrected chi connectivity index (χ1v) is 7.84. The molecule has 0 N–H and O–H groups in total. The van der Waals surface area contributed by atoms with Crippen molar-refractivity contribution in [2.24, 2.45) is 0 Å². The molecule has 2 rings (SSSR count). The first kappa shape index (κ1) is 17.2. The highest BCUT2D eigenvalue weighted by Crippen LogP contribution is 2.23. The smallest absolute Gasteiger partial charge is 0.252 e. The maximum atomic E-state index is 11.3.